The van der Waals surface area contributed by atoms with Crippen LogP contribution in [0.3, 0.4) is 0 Å². The number of likely N-dealkylation sites (tertiary alicyclic amines) is 1. The van der Waals surface area contributed by atoms with Crippen LogP contribution in [0.4, 0.5) is 0 Å². The lowest BCUT2D eigenvalue weighted by Crippen LogP contribution is -2.48. The fourth-order valence-electron chi connectivity index (χ4n) is 2.85. The smallest absolute Gasteiger partial charge is 0.179 e. The van der Waals surface area contributed by atoms with Crippen molar-refractivity contribution in [3.63, 3.8) is 0 Å². The Labute approximate surface area is 115 Å². The SMILES string of the molecule is CCC(C(=O)c1ccccc1)N1CCCC(OC)C1. The van der Waals surface area contributed by atoms with E-state index < -0.39 is 0 Å². The molecule has 2 rings (SSSR count). The number of carbonyl (C=O) groups excluding carboxylic acids is 1. The molecule has 0 bridgehead atoms. The van der Waals surface area contributed by atoms with E-state index in [0.29, 0.717) is 0 Å². The highest BCUT2D eigenvalue weighted by atomic mass is 16.5. The standard InChI is InChI=1S/C16H23NO2/c1-3-15(16(18)13-8-5-4-6-9-13)17-11-7-10-14(12-17)19-2/h4-6,8-9,14-15H,3,7,10-12H2,1-2H3. The van der Waals surface area contributed by atoms with Crippen LogP contribution < -0.4 is 0 Å². The number of rotatable bonds is 5. The number of hydrogen-bond donors (Lipinski definition) is 0. The van der Waals surface area contributed by atoms with Crippen LogP contribution in [0, 0.1) is 0 Å². The molecule has 104 valence electrons. The summed E-state index contributed by atoms with van der Waals surface area (Å²) in [5.41, 5.74) is 0.814. The van der Waals surface area contributed by atoms with E-state index in [2.05, 4.69) is 11.8 Å². The molecule has 1 aromatic carbocycles. The van der Waals surface area contributed by atoms with Crippen LogP contribution in [0.25, 0.3) is 0 Å². The summed E-state index contributed by atoms with van der Waals surface area (Å²) >= 11 is 0. The summed E-state index contributed by atoms with van der Waals surface area (Å²) in [6, 6.07) is 9.59. The molecule has 0 aromatic heterocycles. The van der Waals surface area contributed by atoms with E-state index >= 15 is 0 Å². The van der Waals surface area contributed by atoms with Crippen molar-refractivity contribution in [3.8, 4) is 0 Å². The summed E-state index contributed by atoms with van der Waals surface area (Å²) in [5, 5.41) is 0. The van der Waals surface area contributed by atoms with Crippen LogP contribution in [0.15, 0.2) is 30.3 Å². The number of nitrogens with zero attached hydrogens (tertiary/aromatic N) is 1. The first-order chi connectivity index (χ1) is 9.26. The van der Waals surface area contributed by atoms with Crippen molar-refractivity contribution in [3.05, 3.63) is 35.9 Å². The van der Waals surface area contributed by atoms with Gasteiger partial charge in [-0.15, -0.1) is 0 Å². The van der Waals surface area contributed by atoms with E-state index in [9.17, 15) is 4.79 Å². The lowest BCUT2D eigenvalue weighted by atomic mass is 9.97. The number of ether oxygens (including phenoxy) is 1. The third kappa shape index (κ3) is 3.43. The highest BCUT2D eigenvalue weighted by molar-refractivity contribution is 6.00. The summed E-state index contributed by atoms with van der Waals surface area (Å²) in [6.45, 7) is 3.95. The molecule has 2 atom stereocenters. The van der Waals surface area contributed by atoms with Gasteiger partial charge in [-0.3, -0.25) is 9.69 Å². The Bertz CT molecular complexity index is 404. The Hall–Kier alpha value is -1.19. The maximum atomic E-state index is 12.6. The van der Waals surface area contributed by atoms with Crippen LogP contribution in [0.2, 0.25) is 0 Å². The number of ketones is 1. The Morgan fingerprint density at radius 1 is 1.42 bits per heavy atom. The molecule has 1 aliphatic heterocycles. The summed E-state index contributed by atoms with van der Waals surface area (Å²) in [7, 11) is 1.76. The fraction of sp³-hybridized carbons (Fsp3) is 0.562. The van der Waals surface area contributed by atoms with E-state index in [0.717, 1.165) is 37.9 Å². The minimum atomic E-state index is -0.0136. The van der Waals surface area contributed by atoms with Crippen molar-refractivity contribution in [2.75, 3.05) is 20.2 Å². The number of hydrogen-bond acceptors (Lipinski definition) is 3. The highest BCUT2D eigenvalue weighted by Gasteiger charge is 2.29. The largest absolute Gasteiger partial charge is 0.380 e. The second-order valence-electron chi connectivity index (χ2n) is 5.15. The molecule has 3 nitrogen and oxygen atoms in total. The van der Waals surface area contributed by atoms with Crippen molar-refractivity contribution in [2.45, 2.75) is 38.3 Å². The number of Topliss-reactive ketones (excluding diaryl/α,β-unsaturated/α-hetero) is 1. The van der Waals surface area contributed by atoms with Gasteiger partial charge in [0, 0.05) is 19.2 Å². The van der Waals surface area contributed by atoms with E-state index in [1.807, 2.05) is 30.3 Å². The van der Waals surface area contributed by atoms with Crippen molar-refractivity contribution < 1.29 is 9.53 Å². The lowest BCUT2D eigenvalue weighted by Gasteiger charge is -2.36. The van der Waals surface area contributed by atoms with Gasteiger partial charge in [0.1, 0.15) is 0 Å². The predicted octanol–water partition coefficient (Wildman–Crippen LogP) is 2.76. The fourth-order valence-corrected chi connectivity index (χ4v) is 2.85. The zero-order valence-corrected chi connectivity index (χ0v) is 11.8. The third-order valence-corrected chi connectivity index (χ3v) is 3.93. The van der Waals surface area contributed by atoms with Crippen LogP contribution in [0.5, 0.6) is 0 Å². The average molecular weight is 261 g/mol. The van der Waals surface area contributed by atoms with Crippen LogP contribution in [-0.4, -0.2) is 43.0 Å². The Kier molecular flexibility index (Phi) is 5.11. The van der Waals surface area contributed by atoms with E-state index in [1.165, 1.54) is 0 Å². The minimum absolute atomic E-state index is 0.0136. The zero-order valence-electron chi connectivity index (χ0n) is 11.8. The quantitative estimate of drug-likeness (QED) is 0.763. The van der Waals surface area contributed by atoms with Gasteiger partial charge < -0.3 is 4.74 Å². The van der Waals surface area contributed by atoms with Crippen molar-refractivity contribution in [1.82, 2.24) is 4.90 Å². The Balaban J connectivity index is 2.09. The van der Waals surface area contributed by atoms with Gasteiger partial charge in [0.15, 0.2) is 5.78 Å². The third-order valence-electron chi connectivity index (χ3n) is 3.93. The maximum Gasteiger partial charge on any atom is 0.179 e. The van der Waals surface area contributed by atoms with Gasteiger partial charge >= 0.3 is 0 Å². The number of benzene rings is 1. The van der Waals surface area contributed by atoms with Gasteiger partial charge in [0.2, 0.25) is 0 Å². The first kappa shape index (κ1) is 14.2. The van der Waals surface area contributed by atoms with Crippen LogP contribution in [0.1, 0.15) is 36.5 Å². The maximum absolute atomic E-state index is 12.6. The lowest BCUT2D eigenvalue weighted by molar-refractivity contribution is 0.0150. The Morgan fingerprint density at radius 3 is 2.79 bits per heavy atom. The molecule has 0 amide bonds. The molecule has 3 heteroatoms. The van der Waals surface area contributed by atoms with Gasteiger partial charge in [0.25, 0.3) is 0 Å². The molecule has 1 saturated heterocycles. The number of methoxy groups -OCH3 is 1. The molecular formula is C16H23NO2. The molecule has 1 aliphatic rings. The van der Waals surface area contributed by atoms with Crippen molar-refractivity contribution in [1.29, 1.82) is 0 Å². The molecule has 1 fully saturated rings. The molecular weight excluding hydrogens is 238 g/mol. The van der Waals surface area contributed by atoms with Gasteiger partial charge in [-0.2, -0.15) is 0 Å². The first-order valence-corrected chi connectivity index (χ1v) is 7.12. The van der Waals surface area contributed by atoms with Gasteiger partial charge in [-0.1, -0.05) is 37.3 Å². The average Bonchev–Trinajstić information content (AvgIpc) is 2.49. The molecule has 1 heterocycles. The summed E-state index contributed by atoms with van der Waals surface area (Å²) in [4.78, 5) is 14.9. The van der Waals surface area contributed by atoms with Crippen LogP contribution in [-0.2, 0) is 4.74 Å². The molecule has 19 heavy (non-hydrogen) atoms. The molecule has 1 aromatic rings. The monoisotopic (exact) mass is 261 g/mol. The second kappa shape index (κ2) is 6.83. The zero-order chi connectivity index (χ0) is 13.7. The van der Waals surface area contributed by atoms with Crippen molar-refractivity contribution in [2.24, 2.45) is 0 Å². The van der Waals surface area contributed by atoms with E-state index in [4.69, 9.17) is 4.74 Å². The minimum Gasteiger partial charge on any atom is -0.380 e. The number of piperidine rings is 1. The molecule has 0 N–H and O–H groups in total. The number of carbonyl (C=O) groups is 1. The van der Waals surface area contributed by atoms with Gasteiger partial charge in [-0.25, -0.2) is 0 Å². The van der Waals surface area contributed by atoms with Crippen molar-refractivity contribution >= 4 is 5.78 Å². The normalized spacial score (nSPS) is 22.1. The molecule has 0 radical (unpaired) electrons. The Morgan fingerprint density at radius 2 is 2.16 bits per heavy atom. The van der Waals surface area contributed by atoms with E-state index in [-0.39, 0.29) is 17.9 Å². The van der Waals surface area contributed by atoms with Crippen LogP contribution >= 0.6 is 0 Å². The molecule has 2 unspecified atom stereocenters. The van der Waals surface area contributed by atoms with Gasteiger partial charge in [-0.05, 0) is 25.8 Å². The predicted molar refractivity (Wildman–Crippen MR) is 76.5 cm³/mol. The van der Waals surface area contributed by atoms with E-state index in [1.54, 1.807) is 7.11 Å². The van der Waals surface area contributed by atoms with Gasteiger partial charge in [0.05, 0.1) is 12.1 Å². The first-order valence-electron chi connectivity index (χ1n) is 7.12. The molecule has 0 spiro atoms. The summed E-state index contributed by atoms with van der Waals surface area (Å²) in [6.07, 6.45) is 3.33. The molecule has 0 saturated carbocycles. The second-order valence-corrected chi connectivity index (χ2v) is 5.15. The highest BCUT2D eigenvalue weighted by Crippen LogP contribution is 2.19. The summed E-state index contributed by atoms with van der Waals surface area (Å²) in [5.74, 6) is 0.236. The summed E-state index contributed by atoms with van der Waals surface area (Å²) < 4.78 is 5.45. The topological polar surface area (TPSA) is 29.5 Å². The molecule has 0 aliphatic carbocycles.